The van der Waals surface area contributed by atoms with Gasteiger partial charge in [0.25, 0.3) is 0 Å². The third-order valence-corrected chi connectivity index (χ3v) is 3.61. The minimum atomic E-state index is 0.342. The summed E-state index contributed by atoms with van der Waals surface area (Å²) in [6.45, 7) is 4.73. The zero-order chi connectivity index (χ0) is 14.5. The van der Waals surface area contributed by atoms with E-state index in [1.54, 1.807) is 10.9 Å². The highest BCUT2D eigenvalue weighted by atomic mass is 16.5. The largest absolute Gasteiger partial charge is 0.381 e. The average molecular weight is 287 g/mol. The quantitative estimate of drug-likeness (QED) is 0.871. The molecule has 0 saturated carbocycles. The molecule has 2 atom stereocenters. The van der Waals surface area contributed by atoms with Gasteiger partial charge >= 0.3 is 0 Å². The molecule has 0 amide bonds. The summed E-state index contributed by atoms with van der Waals surface area (Å²) in [7, 11) is 0. The first-order chi connectivity index (χ1) is 10.3. The van der Waals surface area contributed by atoms with Crippen LogP contribution in [0.3, 0.4) is 0 Å². The van der Waals surface area contributed by atoms with E-state index in [1.807, 2.05) is 24.4 Å². The van der Waals surface area contributed by atoms with E-state index >= 15 is 0 Å². The molecule has 1 saturated heterocycles. The van der Waals surface area contributed by atoms with Crippen molar-refractivity contribution < 1.29 is 4.74 Å². The van der Waals surface area contributed by atoms with Gasteiger partial charge in [-0.1, -0.05) is 17.3 Å². The van der Waals surface area contributed by atoms with Gasteiger partial charge in [-0.05, 0) is 25.5 Å². The summed E-state index contributed by atoms with van der Waals surface area (Å²) in [5, 5.41) is 15.0. The molecule has 112 valence electrons. The Morgan fingerprint density at radius 2 is 2.38 bits per heavy atom. The Hall–Kier alpha value is -1.92. The van der Waals surface area contributed by atoms with Crippen LogP contribution in [-0.2, 0) is 4.74 Å². The predicted octanol–water partition coefficient (Wildman–Crippen LogP) is 1.45. The second-order valence-corrected chi connectivity index (χ2v) is 5.37. The van der Waals surface area contributed by atoms with Gasteiger partial charge in [-0.15, -0.1) is 5.10 Å². The first-order valence-corrected chi connectivity index (χ1v) is 7.36. The zero-order valence-corrected chi connectivity index (χ0v) is 12.2. The summed E-state index contributed by atoms with van der Waals surface area (Å²) < 4.78 is 7.28. The van der Waals surface area contributed by atoms with Crippen molar-refractivity contribution in [3.63, 3.8) is 0 Å². The van der Waals surface area contributed by atoms with Crippen molar-refractivity contribution >= 4 is 5.69 Å². The lowest BCUT2D eigenvalue weighted by Crippen LogP contribution is -2.43. The van der Waals surface area contributed by atoms with Crippen LogP contribution >= 0.6 is 0 Å². The number of nitrogens with one attached hydrogen (secondary N) is 2. The standard InChI is InChI=1S/C15H21N5O/c1-12(10-13-11-21-9-7-16-13)18-14-4-2-3-5-15(14)20-8-6-17-19-20/h2-6,8,12-13,16,18H,7,9-11H2,1H3. The molecule has 3 rings (SSSR count). The van der Waals surface area contributed by atoms with Gasteiger partial charge in [0.2, 0.25) is 0 Å². The number of para-hydroxylation sites is 2. The van der Waals surface area contributed by atoms with Gasteiger partial charge in [0, 0.05) is 18.6 Å². The first-order valence-electron chi connectivity index (χ1n) is 7.36. The number of nitrogens with zero attached hydrogens (tertiary/aromatic N) is 3. The molecule has 0 radical (unpaired) electrons. The van der Waals surface area contributed by atoms with Crippen LogP contribution in [0.25, 0.3) is 5.69 Å². The normalized spacial score (nSPS) is 20.1. The average Bonchev–Trinajstić information content (AvgIpc) is 3.03. The second-order valence-electron chi connectivity index (χ2n) is 5.37. The molecule has 1 aromatic carbocycles. The molecule has 2 heterocycles. The van der Waals surface area contributed by atoms with Crippen LogP contribution in [0.2, 0.25) is 0 Å². The van der Waals surface area contributed by atoms with E-state index in [9.17, 15) is 0 Å². The first kappa shape index (κ1) is 14.0. The van der Waals surface area contributed by atoms with Gasteiger partial charge in [-0.2, -0.15) is 0 Å². The molecule has 2 N–H and O–H groups in total. The van der Waals surface area contributed by atoms with E-state index in [0.29, 0.717) is 12.1 Å². The lowest BCUT2D eigenvalue weighted by Gasteiger charge is -2.27. The molecule has 2 aromatic rings. The summed E-state index contributed by atoms with van der Waals surface area (Å²) in [6, 6.07) is 8.89. The van der Waals surface area contributed by atoms with Crippen LogP contribution in [0.4, 0.5) is 5.69 Å². The number of aromatic nitrogens is 3. The molecule has 0 bridgehead atoms. The Labute approximate surface area is 124 Å². The van der Waals surface area contributed by atoms with Crippen molar-refractivity contribution in [2.45, 2.75) is 25.4 Å². The molecule has 6 nitrogen and oxygen atoms in total. The third-order valence-electron chi connectivity index (χ3n) is 3.61. The summed E-state index contributed by atoms with van der Waals surface area (Å²) >= 11 is 0. The molecule has 6 heteroatoms. The van der Waals surface area contributed by atoms with Gasteiger partial charge in [-0.3, -0.25) is 0 Å². The minimum Gasteiger partial charge on any atom is -0.381 e. The van der Waals surface area contributed by atoms with Gasteiger partial charge in [0.05, 0.1) is 37.0 Å². The van der Waals surface area contributed by atoms with Crippen molar-refractivity contribution in [3.05, 3.63) is 36.7 Å². The molecule has 1 fully saturated rings. The van der Waals surface area contributed by atoms with Crippen LogP contribution in [0, 0.1) is 0 Å². The molecule has 21 heavy (non-hydrogen) atoms. The maximum atomic E-state index is 5.50. The smallest absolute Gasteiger partial charge is 0.0894 e. The van der Waals surface area contributed by atoms with Crippen LogP contribution < -0.4 is 10.6 Å². The Morgan fingerprint density at radius 1 is 1.48 bits per heavy atom. The molecule has 0 aliphatic carbocycles. The molecular formula is C15H21N5O. The number of hydrogen-bond acceptors (Lipinski definition) is 5. The highest BCUT2D eigenvalue weighted by molar-refractivity contribution is 5.60. The topological polar surface area (TPSA) is 64.0 Å². The van der Waals surface area contributed by atoms with Crippen LogP contribution in [-0.4, -0.2) is 46.8 Å². The lowest BCUT2D eigenvalue weighted by atomic mass is 10.1. The van der Waals surface area contributed by atoms with Crippen molar-refractivity contribution in [1.82, 2.24) is 20.3 Å². The SMILES string of the molecule is CC(CC1COCCN1)Nc1ccccc1-n1ccnn1. The molecule has 1 aliphatic rings. The fraction of sp³-hybridized carbons (Fsp3) is 0.467. The summed E-state index contributed by atoms with van der Waals surface area (Å²) in [6.07, 6.45) is 4.55. The molecule has 1 aromatic heterocycles. The van der Waals surface area contributed by atoms with E-state index in [2.05, 4.69) is 33.9 Å². The fourth-order valence-electron chi connectivity index (χ4n) is 2.65. The monoisotopic (exact) mass is 287 g/mol. The highest BCUT2D eigenvalue weighted by Gasteiger charge is 2.17. The minimum absolute atomic E-state index is 0.342. The van der Waals surface area contributed by atoms with Gasteiger partial charge < -0.3 is 15.4 Å². The number of rotatable bonds is 5. The number of ether oxygens (including phenoxy) is 1. The number of hydrogen-bond donors (Lipinski definition) is 2. The Kier molecular flexibility index (Phi) is 4.47. The van der Waals surface area contributed by atoms with Crippen LogP contribution in [0.15, 0.2) is 36.7 Å². The van der Waals surface area contributed by atoms with Crippen molar-refractivity contribution in [1.29, 1.82) is 0 Å². The van der Waals surface area contributed by atoms with E-state index < -0.39 is 0 Å². The third kappa shape index (κ3) is 3.59. The highest BCUT2D eigenvalue weighted by Crippen LogP contribution is 2.20. The van der Waals surface area contributed by atoms with Crippen molar-refractivity contribution in [2.24, 2.45) is 0 Å². The Balaban J connectivity index is 1.67. The second kappa shape index (κ2) is 6.69. The Morgan fingerprint density at radius 3 is 3.14 bits per heavy atom. The van der Waals surface area contributed by atoms with Gasteiger partial charge in [-0.25, -0.2) is 4.68 Å². The molecular weight excluding hydrogens is 266 g/mol. The van der Waals surface area contributed by atoms with Crippen LogP contribution in [0.1, 0.15) is 13.3 Å². The predicted molar refractivity (Wildman–Crippen MR) is 81.7 cm³/mol. The van der Waals surface area contributed by atoms with E-state index in [1.165, 1.54) is 0 Å². The summed E-state index contributed by atoms with van der Waals surface area (Å²) in [4.78, 5) is 0. The maximum Gasteiger partial charge on any atom is 0.0894 e. The summed E-state index contributed by atoms with van der Waals surface area (Å²) in [5.41, 5.74) is 2.07. The van der Waals surface area contributed by atoms with Gasteiger partial charge in [0.1, 0.15) is 0 Å². The van der Waals surface area contributed by atoms with Gasteiger partial charge in [0.15, 0.2) is 0 Å². The van der Waals surface area contributed by atoms with E-state index in [-0.39, 0.29) is 0 Å². The van der Waals surface area contributed by atoms with Crippen molar-refractivity contribution in [3.8, 4) is 5.69 Å². The van der Waals surface area contributed by atoms with Crippen LogP contribution in [0.5, 0.6) is 0 Å². The lowest BCUT2D eigenvalue weighted by molar-refractivity contribution is 0.0731. The maximum absolute atomic E-state index is 5.50. The van der Waals surface area contributed by atoms with E-state index in [0.717, 1.165) is 37.6 Å². The Bertz CT molecular complexity index is 551. The van der Waals surface area contributed by atoms with Crippen molar-refractivity contribution in [2.75, 3.05) is 25.1 Å². The molecule has 0 spiro atoms. The number of anilines is 1. The number of morpholine rings is 1. The fourth-order valence-corrected chi connectivity index (χ4v) is 2.65. The number of benzene rings is 1. The van der Waals surface area contributed by atoms with E-state index in [4.69, 9.17) is 4.74 Å². The zero-order valence-electron chi connectivity index (χ0n) is 12.2. The molecule has 2 unspecified atom stereocenters. The molecule has 1 aliphatic heterocycles. The summed E-state index contributed by atoms with van der Waals surface area (Å²) in [5.74, 6) is 0.